The Morgan fingerprint density at radius 3 is 2.48 bits per heavy atom. The van der Waals surface area contributed by atoms with Crippen LogP contribution >= 0.6 is 11.3 Å². The molecular formula is C18H15NO4S2. The summed E-state index contributed by atoms with van der Waals surface area (Å²) in [6.45, 7) is 0.150. The molecule has 0 radical (unpaired) electrons. The lowest BCUT2D eigenvalue weighted by molar-refractivity contribution is 0.0696. The lowest BCUT2D eigenvalue weighted by Crippen LogP contribution is -2.23. The number of aromatic carboxylic acids is 1. The Morgan fingerprint density at radius 2 is 1.76 bits per heavy atom. The van der Waals surface area contributed by atoms with E-state index in [-0.39, 0.29) is 17.0 Å². The van der Waals surface area contributed by atoms with Crippen molar-refractivity contribution in [2.75, 3.05) is 0 Å². The molecule has 0 aliphatic heterocycles. The number of hydrogen-bond donors (Lipinski definition) is 2. The van der Waals surface area contributed by atoms with Crippen LogP contribution in [0.5, 0.6) is 0 Å². The SMILES string of the molecule is O=C(O)c1cccc(S(=O)(=O)NCc2ccc(-c3ccccc3)s2)c1. The molecule has 3 aromatic rings. The third-order valence-corrected chi connectivity index (χ3v) is 6.08. The fourth-order valence-electron chi connectivity index (χ4n) is 2.28. The van der Waals surface area contributed by atoms with Gasteiger partial charge in [-0.05, 0) is 35.9 Å². The summed E-state index contributed by atoms with van der Waals surface area (Å²) in [7, 11) is -3.78. The monoisotopic (exact) mass is 373 g/mol. The van der Waals surface area contributed by atoms with Gasteiger partial charge in [-0.2, -0.15) is 0 Å². The summed E-state index contributed by atoms with van der Waals surface area (Å²) in [4.78, 5) is 12.9. The van der Waals surface area contributed by atoms with Crippen LogP contribution in [0.4, 0.5) is 0 Å². The summed E-state index contributed by atoms with van der Waals surface area (Å²) < 4.78 is 27.2. The topological polar surface area (TPSA) is 83.5 Å². The van der Waals surface area contributed by atoms with Crippen molar-refractivity contribution in [3.63, 3.8) is 0 Å². The summed E-state index contributed by atoms with van der Waals surface area (Å²) in [5.41, 5.74) is 1.01. The van der Waals surface area contributed by atoms with Gasteiger partial charge >= 0.3 is 5.97 Å². The van der Waals surface area contributed by atoms with E-state index in [1.807, 2.05) is 42.5 Å². The zero-order valence-electron chi connectivity index (χ0n) is 13.0. The number of carbonyl (C=O) groups is 1. The van der Waals surface area contributed by atoms with Crippen molar-refractivity contribution in [3.8, 4) is 10.4 Å². The summed E-state index contributed by atoms with van der Waals surface area (Å²) in [6.07, 6.45) is 0. The molecule has 5 nitrogen and oxygen atoms in total. The molecular weight excluding hydrogens is 358 g/mol. The lowest BCUT2D eigenvalue weighted by Gasteiger charge is -2.06. The highest BCUT2D eigenvalue weighted by Gasteiger charge is 2.16. The van der Waals surface area contributed by atoms with Crippen molar-refractivity contribution in [1.82, 2.24) is 4.72 Å². The van der Waals surface area contributed by atoms with E-state index in [2.05, 4.69) is 4.72 Å². The zero-order valence-corrected chi connectivity index (χ0v) is 14.7. The molecule has 0 bridgehead atoms. The second kappa shape index (κ2) is 7.18. The number of sulfonamides is 1. The maximum Gasteiger partial charge on any atom is 0.335 e. The Labute approximate surface area is 149 Å². The van der Waals surface area contributed by atoms with E-state index in [1.54, 1.807) is 0 Å². The minimum atomic E-state index is -3.78. The Hall–Kier alpha value is -2.48. The normalized spacial score (nSPS) is 11.4. The van der Waals surface area contributed by atoms with Crippen LogP contribution in [0.15, 0.2) is 71.6 Å². The lowest BCUT2D eigenvalue weighted by atomic mass is 10.2. The first kappa shape index (κ1) is 17.3. The minimum Gasteiger partial charge on any atom is -0.478 e. The number of hydrogen-bond acceptors (Lipinski definition) is 4. The average molecular weight is 373 g/mol. The van der Waals surface area contributed by atoms with Crippen LogP contribution in [0.2, 0.25) is 0 Å². The Bertz CT molecular complexity index is 995. The summed E-state index contributed by atoms with van der Waals surface area (Å²) in [6, 6.07) is 19.0. The average Bonchev–Trinajstić information content (AvgIpc) is 3.10. The van der Waals surface area contributed by atoms with E-state index >= 15 is 0 Å². The highest BCUT2D eigenvalue weighted by molar-refractivity contribution is 7.89. The van der Waals surface area contributed by atoms with Gasteiger partial charge in [0.1, 0.15) is 0 Å². The van der Waals surface area contributed by atoms with Crippen LogP contribution in [-0.2, 0) is 16.6 Å². The molecule has 0 saturated carbocycles. The zero-order chi connectivity index (χ0) is 17.9. The van der Waals surface area contributed by atoms with Gasteiger partial charge < -0.3 is 5.11 Å². The molecule has 25 heavy (non-hydrogen) atoms. The fraction of sp³-hybridized carbons (Fsp3) is 0.0556. The number of thiophene rings is 1. The molecule has 0 unspecified atom stereocenters. The Morgan fingerprint density at radius 1 is 1.00 bits per heavy atom. The van der Waals surface area contributed by atoms with Crippen molar-refractivity contribution < 1.29 is 18.3 Å². The second-order valence-electron chi connectivity index (χ2n) is 5.29. The highest BCUT2D eigenvalue weighted by Crippen LogP contribution is 2.28. The quantitative estimate of drug-likeness (QED) is 0.692. The molecule has 1 aromatic heterocycles. The van der Waals surface area contributed by atoms with Gasteiger partial charge in [0.05, 0.1) is 10.5 Å². The third-order valence-electron chi connectivity index (χ3n) is 3.55. The molecule has 7 heteroatoms. The van der Waals surface area contributed by atoms with E-state index in [1.165, 1.54) is 29.5 Å². The predicted octanol–water partition coefficient (Wildman–Crippen LogP) is 3.59. The van der Waals surface area contributed by atoms with E-state index in [4.69, 9.17) is 5.11 Å². The maximum absolute atomic E-state index is 12.4. The first-order chi connectivity index (χ1) is 12.0. The molecule has 2 N–H and O–H groups in total. The smallest absolute Gasteiger partial charge is 0.335 e. The standard InChI is InChI=1S/C18H15NO4S2/c20-18(21)14-7-4-8-16(11-14)25(22,23)19-12-15-9-10-17(24-15)13-5-2-1-3-6-13/h1-11,19H,12H2,(H,20,21). The van der Waals surface area contributed by atoms with Gasteiger partial charge in [-0.3, -0.25) is 0 Å². The molecule has 0 fully saturated rings. The molecule has 3 rings (SSSR count). The minimum absolute atomic E-state index is 0.0627. The van der Waals surface area contributed by atoms with Gasteiger partial charge in [0.2, 0.25) is 10.0 Å². The maximum atomic E-state index is 12.4. The van der Waals surface area contributed by atoms with Gasteiger partial charge in [0.25, 0.3) is 0 Å². The van der Waals surface area contributed by atoms with Crippen LogP contribution in [0.25, 0.3) is 10.4 Å². The van der Waals surface area contributed by atoms with Gasteiger partial charge in [0, 0.05) is 16.3 Å². The van der Waals surface area contributed by atoms with Crippen LogP contribution in [0.1, 0.15) is 15.2 Å². The predicted molar refractivity (Wildman–Crippen MR) is 97.2 cm³/mol. The van der Waals surface area contributed by atoms with Crippen molar-refractivity contribution >= 4 is 27.3 Å². The van der Waals surface area contributed by atoms with Crippen molar-refractivity contribution in [1.29, 1.82) is 0 Å². The third kappa shape index (κ3) is 4.14. The molecule has 128 valence electrons. The number of nitrogens with one attached hydrogen (secondary N) is 1. The van der Waals surface area contributed by atoms with Gasteiger partial charge in [0.15, 0.2) is 0 Å². The molecule has 0 aliphatic rings. The highest BCUT2D eigenvalue weighted by atomic mass is 32.2. The number of rotatable bonds is 6. The Kier molecular flexibility index (Phi) is 4.98. The molecule has 0 spiro atoms. The number of carboxylic acids is 1. The van der Waals surface area contributed by atoms with Crippen molar-refractivity contribution in [2.45, 2.75) is 11.4 Å². The van der Waals surface area contributed by atoms with E-state index in [0.717, 1.165) is 21.4 Å². The molecule has 0 saturated heterocycles. The fourth-order valence-corrected chi connectivity index (χ4v) is 4.37. The van der Waals surface area contributed by atoms with E-state index in [0.29, 0.717) is 0 Å². The number of carboxylic acid groups (broad SMARTS) is 1. The number of benzene rings is 2. The van der Waals surface area contributed by atoms with Crippen molar-refractivity contribution in [2.24, 2.45) is 0 Å². The van der Waals surface area contributed by atoms with Gasteiger partial charge in [-0.25, -0.2) is 17.9 Å². The molecule has 2 aromatic carbocycles. The summed E-state index contributed by atoms with van der Waals surface area (Å²) in [5, 5.41) is 8.98. The summed E-state index contributed by atoms with van der Waals surface area (Å²) >= 11 is 1.51. The van der Waals surface area contributed by atoms with Crippen LogP contribution in [0, 0.1) is 0 Å². The van der Waals surface area contributed by atoms with Crippen LogP contribution in [-0.4, -0.2) is 19.5 Å². The Balaban J connectivity index is 1.74. The molecule has 1 heterocycles. The van der Waals surface area contributed by atoms with Crippen LogP contribution in [0.3, 0.4) is 0 Å². The van der Waals surface area contributed by atoms with E-state index < -0.39 is 16.0 Å². The van der Waals surface area contributed by atoms with Gasteiger partial charge in [-0.15, -0.1) is 11.3 Å². The summed E-state index contributed by atoms with van der Waals surface area (Å²) in [5.74, 6) is -1.16. The molecule has 0 amide bonds. The largest absolute Gasteiger partial charge is 0.478 e. The second-order valence-corrected chi connectivity index (χ2v) is 8.22. The van der Waals surface area contributed by atoms with E-state index in [9.17, 15) is 13.2 Å². The van der Waals surface area contributed by atoms with Gasteiger partial charge in [-0.1, -0.05) is 36.4 Å². The van der Waals surface area contributed by atoms with Crippen molar-refractivity contribution in [3.05, 3.63) is 77.2 Å². The first-order valence-electron chi connectivity index (χ1n) is 7.43. The molecule has 0 aliphatic carbocycles. The molecule has 0 atom stereocenters. The van der Waals surface area contributed by atoms with Crippen LogP contribution < -0.4 is 4.72 Å². The first-order valence-corrected chi connectivity index (χ1v) is 9.73.